The molecule has 1 N–H and O–H groups in total. The number of carbonyl (C=O) groups excluding carboxylic acids is 1. The van der Waals surface area contributed by atoms with Gasteiger partial charge in [-0.3, -0.25) is 0 Å². The maximum atomic E-state index is 13.3. The van der Waals surface area contributed by atoms with Gasteiger partial charge < -0.3 is 14.3 Å². The predicted molar refractivity (Wildman–Crippen MR) is 120 cm³/mol. The average molecular weight is 426 g/mol. The average Bonchev–Trinajstić information content (AvgIpc) is 3.29. The molecule has 0 saturated heterocycles. The molecule has 0 spiro atoms. The molecular weight excluding hydrogens is 404 g/mol. The van der Waals surface area contributed by atoms with Gasteiger partial charge in [0, 0.05) is 17.0 Å². The second-order valence-corrected chi connectivity index (χ2v) is 8.08. The van der Waals surface area contributed by atoms with Gasteiger partial charge in [-0.2, -0.15) is 0 Å². The molecule has 5 heteroatoms. The van der Waals surface area contributed by atoms with Gasteiger partial charge in [-0.1, -0.05) is 60.7 Å². The summed E-state index contributed by atoms with van der Waals surface area (Å²) in [6.07, 6.45) is 3.02. The van der Waals surface area contributed by atoms with Crippen molar-refractivity contribution in [2.24, 2.45) is 0 Å². The van der Waals surface area contributed by atoms with Crippen LogP contribution in [0.15, 0.2) is 88.1 Å². The minimum atomic E-state index is -1.97. The van der Waals surface area contributed by atoms with Crippen molar-refractivity contribution >= 4 is 16.9 Å². The molecule has 32 heavy (non-hydrogen) atoms. The lowest BCUT2D eigenvalue weighted by Crippen LogP contribution is -2.38. The molecule has 5 nitrogen and oxygen atoms in total. The molecule has 0 bridgehead atoms. The minimum absolute atomic E-state index is 0.151. The lowest BCUT2D eigenvalue weighted by molar-refractivity contribution is -0.163. The molecule has 0 radical (unpaired) electrons. The van der Waals surface area contributed by atoms with Gasteiger partial charge in [0.05, 0.1) is 0 Å². The monoisotopic (exact) mass is 426 g/mol. The highest BCUT2D eigenvalue weighted by Gasteiger charge is 2.41. The highest BCUT2D eigenvalue weighted by atomic mass is 16.5. The summed E-state index contributed by atoms with van der Waals surface area (Å²) in [5.41, 5.74) is 1.81. The molecule has 4 aromatic rings. The fourth-order valence-corrected chi connectivity index (χ4v) is 4.42. The van der Waals surface area contributed by atoms with Gasteiger partial charge >= 0.3 is 11.6 Å². The highest BCUT2D eigenvalue weighted by molar-refractivity contribution is 5.86. The standard InChI is InChI=1S/C27H22O5/c28-25-16-20(23-14-18-8-7-9-19(18)15-24(23)32-25)17-31-26(29)27(30,21-10-3-1-4-11-21)22-12-5-2-6-13-22/h1-6,10-16,30H,7-9,17H2. The van der Waals surface area contributed by atoms with Crippen LogP contribution in [0.3, 0.4) is 0 Å². The largest absolute Gasteiger partial charge is 0.458 e. The number of ether oxygens (including phenoxy) is 1. The van der Waals surface area contributed by atoms with E-state index in [1.807, 2.05) is 24.3 Å². The van der Waals surface area contributed by atoms with Crippen LogP contribution in [-0.2, 0) is 34.6 Å². The van der Waals surface area contributed by atoms with Gasteiger partial charge in [0.2, 0.25) is 5.60 Å². The van der Waals surface area contributed by atoms with Gasteiger partial charge in [0.25, 0.3) is 0 Å². The lowest BCUT2D eigenvalue weighted by Gasteiger charge is -2.27. The van der Waals surface area contributed by atoms with Crippen molar-refractivity contribution in [3.8, 4) is 0 Å². The van der Waals surface area contributed by atoms with Gasteiger partial charge in [-0.15, -0.1) is 0 Å². The highest BCUT2D eigenvalue weighted by Crippen LogP contribution is 2.32. The third kappa shape index (κ3) is 3.51. The van der Waals surface area contributed by atoms with E-state index in [-0.39, 0.29) is 6.61 Å². The fourth-order valence-electron chi connectivity index (χ4n) is 4.42. The molecule has 1 aromatic heterocycles. The van der Waals surface area contributed by atoms with Gasteiger partial charge in [-0.25, -0.2) is 9.59 Å². The predicted octanol–water partition coefficient (Wildman–Crippen LogP) is 4.26. The second-order valence-electron chi connectivity index (χ2n) is 8.08. The molecule has 0 unspecified atom stereocenters. The van der Waals surface area contributed by atoms with E-state index >= 15 is 0 Å². The Hall–Kier alpha value is -3.70. The molecule has 0 fully saturated rings. The summed E-state index contributed by atoms with van der Waals surface area (Å²) in [7, 11) is 0. The Morgan fingerprint density at radius 3 is 2.12 bits per heavy atom. The van der Waals surface area contributed by atoms with Gasteiger partial charge in [0.15, 0.2) is 0 Å². The van der Waals surface area contributed by atoms with Crippen LogP contribution in [0.25, 0.3) is 11.0 Å². The van der Waals surface area contributed by atoms with E-state index in [9.17, 15) is 14.7 Å². The Morgan fingerprint density at radius 1 is 0.906 bits per heavy atom. The van der Waals surface area contributed by atoms with Crippen LogP contribution in [0.5, 0.6) is 0 Å². The van der Waals surface area contributed by atoms with Crippen molar-refractivity contribution in [3.63, 3.8) is 0 Å². The number of hydrogen-bond donors (Lipinski definition) is 1. The zero-order valence-corrected chi connectivity index (χ0v) is 17.4. The molecule has 0 saturated carbocycles. The van der Waals surface area contributed by atoms with Crippen LogP contribution in [0.2, 0.25) is 0 Å². The van der Waals surface area contributed by atoms with Crippen molar-refractivity contribution in [2.75, 3.05) is 0 Å². The Morgan fingerprint density at radius 2 is 1.50 bits per heavy atom. The van der Waals surface area contributed by atoms with Crippen LogP contribution in [-0.4, -0.2) is 11.1 Å². The summed E-state index contributed by atoms with van der Waals surface area (Å²) in [6, 6.07) is 22.7. The fraction of sp³-hybridized carbons (Fsp3) is 0.185. The van der Waals surface area contributed by atoms with E-state index in [4.69, 9.17) is 9.15 Å². The van der Waals surface area contributed by atoms with E-state index < -0.39 is 17.2 Å². The molecule has 0 atom stereocenters. The van der Waals surface area contributed by atoms with Crippen LogP contribution < -0.4 is 5.63 Å². The van der Waals surface area contributed by atoms with Crippen LogP contribution in [0.1, 0.15) is 34.2 Å². The smallest absolute Gasteiger partial charge is 0.348 e. The summed E-state index contributed by atoms with van der Waals surface area (Å²) >= 11 is 0. The van der Waals surface area contributed by atoms with Crippen LogP contribution in [0.4, 0.5) is 0 Å². The zero-order valence-electron chi connectivity index (χ0n) is 17.4. The minimum Gasteiger partial charge on any atom is -0.458 e. The number of esters is 1. The molecular formula is C27H22O5. The van der Waals surface area contributed by atoms with Crippen LogP contribution in [0, 0.1) is 0 Å². The maximum Gasteiger partial charge on any atom is 0.348 e. The first-order chi connectivity index (χ1) is 15.6. The van der Waals surface area contributed by atoms with E-state index in [1.54, 1.807) is 48.5 Å². The third-order valence-corrected chi connectivity index (χ3v) is 6.08. The molecule has 0 aliphatic heterocycles. The lowest BCUT2D eigenvalue weighted by atomic mass is 9.86. The normalized spacial score (nSPS) is 13.2. The summed E-state index contributed by atoms with van der Waals surface area (Å²) in [5, 5.41) is 12.3. The summed E-state index contributed by atoms with van der Waals surface area (Å²) in [6.45, 7) is -0.151. The maximum absolute atomic E-state index is 13.3. The number of fused-ring (bicyclic) bond motifs is 2. The number of carbonyl (C=O) groups is 1. The Labute approximate surface area is 184 Å². The van der Waals surface area contributed by atoms with Crippen molar-refractivity contribution < 1.29 is 19.1 Å². The molecule has 5 rings (SSSR count). The van der Waals surface area contributed by atoms with Gasteiger partial charge in [-0.05, 0) is 53.6 Å². The summed E-state index contributed by atoms with van der Waals surface area (Å²) in [4.78, 5) is 25.4. The van der Waals surface area contributed by atoms with E-state index in [0.717, 1.165) is 24.6 Å². The van der Waals surface area contributed by atoms with Crippen molar-refractivity contribution in [2.45, 2.75) is 31.5 Å². The molecule has 1 aliphatic carbocycles. The zero-order chi connectivity index (χ0) is 22.1. The Bertz CT molecular complexity index is 1300. The first-order valence-corrected chi connectivity index (χ1v) is 10.6. The first-order valence-electron chi connectivity index (χ1n) is 10.6. The number of aryl methyl sites for hydroxylation is 2. The number of benzene rings is 3. The van der Waals surface area contributed by atoms with Crippen molar-refractivity contribution in [3.05, 3.63) is 117 Å². The molecule has 160 valence electrons. The van der Waals surface area contributed by atoms with E-state index in [2.05, 4.69) is 0 Å². The van der Waals surface area contributed by atoms with Gasteiger partial charge in [0.1, 0.15) is 12.2 Å². The van der Waals surface area contributed by atoms with E-state index in [1.165, 1.54) is 17.2 Å². The summed E-state index contributed by atoms with van der Waals surface area (Å²) < 4.78 is 11.0. The first kappa shape index (κ1) is 20.2. The molecule has 0 amide bonds. The third-order valence-electron chi connectivity index (χ3n) is 6.08. The van der Waals surface area contributed by atoms with Crippen molar-refractivity contribution in [1.82, 2.24) is 0 Å². The Kier molecular flexibility index (Phi) is 5.11. The number of aliphatic hydroxyl groups is 1. The molecule has 1 aliphatic rings. The number of rotatable bonds is 5. The SMILES string of the molecule is O=C(OCc1cc(=O)oc2cc3c(cc12)CCC3)C(O)(c1ccccc1)c1ccccc1. The van der Waals surface area contributed by atoms with Crippen molar-refractivity contribution in [1.29, 1.82) is 0 Å². The molecule has 1 heterocycles. The quantitative estimate of drug-likeness (QED) is 0.381. The summed E-state index contributed by atoms with van der Waals surface area (Å²) in [5.74, 6) is -0.808. The Balaban J connectivity index is 1.50. The topological polar surface area (TPSA) is 76.7 Å². The molecule has 3 aromatic carbocycles. The van der Waals surface area contributed by atoms with Crippen LogP contribution >= 0.6 is 0 Å². The van der Waals surface area contributed by atoms with E-state index in [0.29, 0.717) is 22.3 Å². The number of hydrogen-bond acceptors (Lipinski definition) is 5. The second kappa shape index (κ2) is 8.09.